The van der Waals surface area contributed by atoms with Crippen LogP contribution >= 0.6 is 0 Å². The molecule has 1 atom stereocenters. The van der Waals surface area contributed by atoms with Gasteiger partial charge in [-0.05, 0) is 148 Å². The minimum atomic E-state index is -6.28. The van der Waals surface area contributed by atoms with Gasteiger partial charge in [-0.1, -0.05) is 133 Å². The van der Waals surface area contributed by atoms with Crippen LogP contribution in [-0.4, -0.2) is 28.7 Å². The van der Waals surface area contributed by atoms with Crippen LogP contribution in [-0.2, 0) is 22.0 Å². The Bertz CT molecular complexity index is 3420. The maximum atomic E-state index is 14.2. The summed E-state index contributed by atoms with van der Waals surface area (Å²) in [4.78, 5) is 0. The Morgan fingerprint density at radius 3 is 0.973 bits per heavy atom. The van der Waals surface area contributed by atoms with Crippen molar-refractivity contribution in [1.29, 1.82) is 0 Å². The Hall–Kier alpha value is -7.75. The molecule has 386 valence electrons. The number of benzene rings is 8. The second-order valence-electron chi connectivity index (χ2n) is 19.6. The molecule has 8 aromatic carbocycles. The van der Waals surface area contributed by atoms with E-state index in [-0.39, 0.29) is 22.3 Å². The molecule has 1 unspecified atom stereocenters. The van der Waals surface area contributed by atoms with Gasteiger partial charge in [0.05, 0.1) is 10.8 Å². The first-order chi connectivity index (χ1) is 35.1. The number of fused-ring (bicyclic) bond motifs is 6. The van der Waals surface area contributed by atoms with Crippen molar-refractivity contribution in [3.8, 4) is 22.3 Å². The van der Waals surface area contributed by atoms with Gasteiger partial charge in [0.15, 0.2) is 5.60 Å². The van der Waals surface area contributed by atoms with Gasteiger partial charge in [0, 0.05) is 33.9 Å². The van der Waals surface area contributed by atoms with Gasteiger partial charge in [-0.3, -0.25) is 0 Å². The van der Waals surface area contributed by atoms with E-state index in [0.29, 0.717) is 35.2 Å². The average Bonchev–Trinajstić information content (AvgIpc) is 3.93. The van der Waals surface area contributed by atoms with Crippen molar-refractivity contribution in [1.82, 2.24) is 0 Å². The highest BCUT2D eigenvalue weighted by molar-refractivity contribution is 5.88. The van der Waals surface area contributed by atoms with Gasteiger partial charge in [0.1, 0.15) is 0 Å². The Labute approximate surface area is 427 Å². The second-order valence-corrected chi connectivity index (χ2v) is 19.6. The van der Waals surface area contributed by atoms with Crippen LogP contribution in [0.2, 0.25) is 0 Å². The molecular weight excluding hydrogens is 980 g/mol. The van der Waals surface area contributed by atoms with Crippen molar-refractivity contribution in [3.63, 3.8) is 0 Å². The molecule has 15 heteroatoms. The summed E-state index contributed by atoms with van der Waals surface area (Å²) in [5.41, 5.74) is 21.7. The van der Waals surface area contributed by atoms with Crippen LogP contribution < -0.4 is 22.9 Å². The molecule has 0 saturated carbocycles. The number of alkyl halides is 9. The molecule has 0 aromatic heterocycles. The lowest BCUT2D eigenvalue weighted by atomic mass is 9.65. The van der Waals surface area contributed by atoms with Gasteiger partial charge in [-0.2, -0.15) is 39.5 Å². The molecule has 0 spiro atoms. The van der Waals surface area contributed by atoms with Crippen LogP contribution in [0.3, 0.4) is 0 Å². The van der Waals surface area contributed by atoms with Crippen LogP contribution in [0, 0.1) is 27.7 Å². The minimum absolute atomic E-state index is 0.0474. The lowest BCUT2D eigenvalue weighted by Gasteiger charge is -2.39. The molecule has 6 nitrogen and oxygen atoms in total. The molecule has 2 aliphatic carbocycles. The van der Waals surface area contributed by atoms with E-state index in [9.17, 15) is 49.7 Å². The first-order valence-corrected chi connectivity index (χ1v) is 23.6. The predicted octanol–water partition coefficient (Wildman–Crippen LogP) is 13.7. The first kappa shape index (κ1) is 52.1. The van der Waals surface area contributed by atoms with Crippen LogP contribution in [0.25, 0.3) is 22.3 Å². The number of aryl methyl sites for hydroxylation is 4. The van der Waals surface area contributed by atoms with Gasteiger partial charge in [0.25, 0.3) is 5.60 Å². The standard InChI is InChI=1S/C33H27F9N2O2.C27H24N2/c1-16-12-18(14-24(26(16)43)28(3,45)31(34,35)36)29(22-10-6-4-8-20(22)21-9-5-7-11-23(21)29)19-13-17(2)27(44)25(15-19)30(46,32(37,38)39)33(40,41)42;1-17-15-19(11-13-25(17)28)27(20-12-14-26(29)18(2)16-20)23-9-5-3-7-21(23)22-8-4-6-10-24(22)27/h4-15,45-46H,43-44H2,1-3H3;3-16H,28-29H2,1-2H3. The van der Waals surface area contributed by atoms with Gasteiger partial charge in [0.2, 0.25) is 0 Å². The number of halogens is 9. The van der Waals surface area contributed by atoms with Gasteiger partial charge in [-0.15, -0.1) is 0 Å². The highest BCUT2D eigenvalue weighted by atomic mass is 19.4. The van der Waals surface area contributed by atoms with E-state index in [4.69, 9.17) is 22.9 Å². The van der Waals surface area contributed by atoms with Gasteiger partial charge in [-0.25, -0.2) is 0 Å². The van der Waals surface area contributed by atoms with E-state index >= 15 is 0 Å². The third-order valence-electron chi connectivity index (χ3n) is 15.2. The smallest absolute Gasteiger partial charge is 0.399 e. The maximum absolute atomic E-state index is 14.2. The summed E-state index contributed by atoms with van der Waals surface area (Å²) < 4.78 is 128. The van der Waals surface area contributed by atoms with E-state index in [0.717, 1.165) is 35.5 Å². The number of hydrogen-bond acceptors (Lipinski definition) is 6. The molecule has 0 aliphatic heterocycles. The van der Waals surface area contributed by atoms with Crippen LogP contribution in [0.5, 0.6) is 0 Å². The molecule has 75 heavy (non-hydrogen) atoms. The fraction of sp³-hybridized carbons (Fsp3) is 0.200. The quantitative estimate of drug-likeness (QED) is 0.0723. The number of nitrogens with two attached hydrogens (primary N) is 4. The summed E-state index contributed by atoms with van der Waals surface area (Å²) in [7, 11) is 0. The zero-order valence-electron chi connectivity index (χ0n) is 41.1. The van der Waals surface area contributed by atoms with Crippen molar-refractivity contribution in [2.45, 2.75) is 75.2 Å². The van der Waals surface area contributed by atoms with E-state index in [1.165, 1.54) is 52.4 Å². The molecular formula is C60H51F9N4O2. The van der Waals surface area contributed by atoms with Crippen molar-refractivity contribution >= 4 is 22.7 Å². The van der Waals surface area contributed by atoms with E-state index in [2.05, 4.69) is 86.6 Å². The van der Waals surface area contributed by atoms with Gasteiger partial charge < -0.3 is 33.1 Å². The lowest BCUT2D eigenvalue weighted by molar-refractivity contribution is -0.376. The molecule has 0 saturated heterocycles. The molecule has 0 fully saturated rings. The molecule has 10 N–H and O–H groups in total. The molecule has 2 aliphatic rings. The van der Waals surface area contributed by atoms with Crippen molar-refractivity contribution in [3.05, 3.63) is 236 Å². The Morgan fingerprint density at radius 1 is 0.360 bits per heavy atom. The fourth-order valence-corrected chi connectivity index (χ4v) is 11.2. The van der Waals surface area contributed by atoms with Crippen molar-refractivity contribution in [2.24, 2.45) is 0 Å². The molecule has 0 heterocycles. The topological polar surface area (TPSA) is 145 Å². The van der Waals surface area contributed by atoms with E-state index in [1.54, 1.807) is 48.5 Å². The lowest BCUT2D eigenvalue weighted by Crippen LogP contribution is -2.54. The van der Waals surface area contributed by atoms with Crippen LogP contribution in [0.1, 0.15) is 84.8 Å². The molecule has 0 amide bonds. The molecule has 10 rings (SSSR count). The zero-order valence-corrected chi connectivity index (χ0v) is 41.1. The van der Waals surface area contributed by atoms with Crippen molar-refractivity contribution < 1.29 is 49.7 Å². The summed E-state index contributed by atoms with van der Waals surface area (Å²) in [6.45, 7) is 7.16. The van der Waals surface area contributed by atoms with E-state index < -0.39 is 63.1 Å². The average molecular weight is 1030 g/mol. The zero-order chi connectivity index (χ0) is 54.6. The highest BCUT2D eigenvalue weighted by Gasteiger charge is 2.72. The second kappa shape index (κ2) is 17.7. The number of anilines is 4. The normalized spacial score (nSPS) is 15.2. The fourth-order valence-electron chi connectivity index (χ4n) is 11.2. The summed E-state index contributed by atoms with van der Waals surface area (Å²) in [5, 5.41) is 21.2. The number of rotatable bonds is 6. The van der Waals surface area contributed by atoms with E-state index in [1.807, 2.05) is 12.1 Å². The molecule has 8 aromatic rings. The third-order valence-corrected chi connectivity index (χ3v) is 15.2. The Balaban J connectivity index is 0.000000203. The Kier molecular flexibility index (Phi) is 12.3. The number of hydrogen-bond donors (Lipinski definition) is 6. The number of nitrogen functional groups attached to an aromatic ring is 4. The number of aliphatic hydroxyl groups is 2. The Morgan fingerprint density at radius 2 is 0.653 bits per heavy atom. The first-order valence-electron chi connectivity index (χ1n) is 23.6. The molecule has 0 bridgehead atoms. The summed E-state index contributed by atoms with van der Waals surface area (Å²) in [6.07, 6.45) is -17.8. The minimum Gasteiger partial charge on any atom is -0.399 e. The highest BCUT2D eigenvalue weighted by Crippen LogP contribution is 2.60. The maximum Gasteiger partial charge on any atom is 0.430 e. The largest absolute Gasteiger partial charge is 0.430 e. The third kappa shape index (κ3) is 7.64. The van der Waals surface area contributed by atoms with Crippen molar-refractivity contribution in [2.75, 3.05) is 22.9 Å². The van der Waals surface area contributed by atoms with Crippen LogP contribution in [0.4, 0.5) is 62.3 Å². The summed E-state index contributed by atoms with van der Waals surface area (Å²) >= 11 is 0. The predicted molar refractivity (Wildman–Crippen MR) is 276 cm³/mol. The van der Waals surface area contributed by atoms with Crippen LogP contribution in [0.15, 0.2) is 158 Å². The SMILES string of the molecule is Cc1cc(C2(c3cc(C)c(N)c(C(O)(C(F)(F)F)C(F)(F)F)c3)c3ccccc3-c3ccccc32)cc(C(C)(O)C(F)(F)F)c1N.Cc1cc(C2(c3ccc(N)c(C)c3)c3ccccc3-c3ccccc32)ccc1N. The monoisotopic (exact) mass is 1030 g/mol. The summed E-state index contributed by atoms with van der Waals surface area (Å²) in [6, 6.07) is 47.2. The summed E-state index contributed by atoms with van der Waals surface area (Å²) in [5.74, 6) is 0. The molecule has 0 radical (unpaired) electrons. The van der Waals surface area contributed by atoms with Gasteiger partial charge >= 0.3 is 18.5 Å².